The Morgan fingerprint density at radius 3 is 2.92 bits per heavy atom. The predicted molar refractivity (Wildman–Crippen MR) is 94.6 cm³/mol. The molecule has 1 atom stereocenters. The first kappa shape index (κ1) is 18.0. The summed E-state index contributed by atoms with van der Waals surface area (Å²) in [4.78, 5) is 23.0. The summed E-state index contributed by atoms with van der Waals surface area (Å²) >= 11 is 2.50. The normalized spacial score (nSPS) is 11.9. The smallest absolute Gasteiger partial charge is 0.306 e. The first-order valence-electron chi connectivity index (χ1n) is 7.23. The Morgan fingerprint density at radius 2 is 2.23 bits per heavy atom. The Hall–Kier alpha value is -2.79. The number of hydrogen-bond acceptors (Lipinski definition) is 8. The highest BCUT2D eigenvalue weighted by Gasteiger charge is 2.21. The molecule has 0 saturated carbocycles. The number of hydrogen-bond donors (Lipinski definition) is 1. The number of halogens is 1. The lowest BCUT2D eigenvalue weighted by molar-refractivity contribution is -0.387. The molecule has 134 valence electrons. The Labute approximate surface area is 154 Å². The lowest BCUT2D eigenvalue weighted by Gasteiger charge is -2.09. The molecule has 1 N–H and O–H groups in total. The van der Waals surface area contributed by atoms with Crippen molar-refractivity contribution < 1.29 is 18.5 Å². The van der Waals surface area contributed by atoms with Gasteiger partial charge in [0.1, 0.15) is 0 Å². The highest BCUT2D eigenvalue weighted by Crippen LogP contribution is 2.29. The Morgan fingerprint density at radius 1 is 1.42 bits per heavy atom. The molecule has 8 nitrogen and oxygen atoms in total. The first-order chi connectivity index (χ1) is 12.4. The lowest BCUT2D eigenvalue weighted by atomic mass is 10.2. The molecule has 3 aromatic rings. The highest BCUT2D eigenvalue weighted by atomic mass is 32.2. The Kier molecular flexibility index (Phi) is 5.28. The van der Waals surface area contributed by atoms with Crippen molar-refractivity contribution in [2.75, 3.05) is 5.32 Å². The van der Waals surface area contributed by atoms with E-state index in [-0.39, 0.29) is 10.9 Å². The van der Waals surface area contributed by atoms with Gasteiger partial charge in [0.25, 0.3) is 11.1 Å². The van der Waals surface area contributed by atoms with E-state index in [1.54, 1.807) is 6.92 Å². The summed E-state index contributed by atoms with van der Waals surface area (Å²) in [5.74, 6) is -1.04. The van der Waals surface area contributed by atoms with E-state index in [2.05, 4.69) is 15.5 Å². The number of nitro benzene ring substituents is 1. The topological polar surface area (TPSA) is 111 Å². The number of anilines is 1. The first-order valence-corrected chi connectivity index (χ1v) is 8.99. The van der Waals surface area contributed by atoms with Gasteiger partial charge in [-0.3, -0.25) is 14.9 Å². The van der Waals surface area contributed by atoms with Crippen LogP contribution >= 0.6 is 23.1 Å². The number of nitro groups is 1. The molecule has 0 aliphatic heterocycles. The van der Waals surface area contributed by atoms with Crippen molar-refractivity contribution in [2.45, 2.75) is 17.4 Å². The largest absolute Gasteiger partial charge is 0.410 e. The fourth-order valence-electron chi connectivity index (χ4n) is 1.94. The number of carbonyl (C=O) groups excluding carboxylic acids is 1. The van der Waals surface area contributed by atoms with Crippen molar-refractivity contribution in [3.05, 3.63) is 51.6 Å². The van der Waals surface area contributed by atoms with E-state index in [9.17, 15) is 19.3 Å². The van der Waals surface area contributed by atoms with Crippen LogP contribution in [0.2, 0.25) is 0 Å². The van der Waals surface area contributed by atoms with E-state index >= 15 is 0 Å². The summed E-state index contributed by atoms with van der Waals surface area (Å²) in [6.07, 6.45) is 0. The van der Waals surface area contributed by atoms with Gasteiger partial charge in [0.15, 0.2) is 0 Å². The van der Waals surface area contributed by atoms with Crippen molar-refractivity contribution >= 4 is 40.4 Å². The van der Waals surface area contributed by atoms with Gasteiger partial charge in [0.2, 0.25) is 11.7 Å². The van der Waals surface area contributed by atoms with Crippen molar-refractivity contribution in [1.82, 2.24) is 10.2 Å². The van der Waals surface area contributed by atoms with Crippen LogP contribution in [0.25, 0.3) is 10.8 Å². The number of nitrogens with zero attached hydrogens (tertiary/aromatic N) is 3. The molecule has 0 radical (unpaired) electrons. The van der Waals surface area contributed by atoms with Gasteiger partial charge in [-0.2, -0.15) is 4.39 Å². The van der Waals surface area contributed by atoms with E-state index < -0.39 is 27.6 Å². The van der Waals surface area contributed by atoms with Crippen LogP contribution < -0.4 is 5.32 Å². The molecule has 11 heteroatoms. The van der Waals surface area contributed by atoms with Crippen LogP contribution in [-0.2, 0) is 4.79 Å². The molecule has 0 saturated heterocycles. The van der Waals surface area contributed by atoms with Crippen LogP contribution in [0.3, 0.4) is 0 Å². The maximum Gasteiger partial charge on any atom is 0.306 e. The van der Waals surface area contributed by atoms with Crippen molar-refractivity contribution in [3.8, 4) is 10.8 Å². The minimum Gasteiger partial charge on any atom is -0.410 e. The molecule has 1 aromatic carbocycles. The average molecular weight is 394 g/mol. The molecular formula is C15H11FN4O4S2. The number of benzene rings is 1. The number of aromatic nitrogens is 2. The maximum absolute atomic E-state index is 13.3. The second kappa shape index (κ2) is 7.62. The Bertz CT molecular complexity index is 945. The van der Waals surface area contributed by atoms with Crippen LogP contribution in [-0.4, -0.2) is 26.3 Å². The lowest BCUT2D eigenvalue weighted by Crippen LogP contribution is -2.22. The third-order valence-electron chi connectivity index (χ3n) is 3.20. The number of carbonyl (C=O) groups is 1. The van der Waals surface area contributed by atoms with Gasteiger partial charge in [0.05, 0.1) is 15.1 Å². The molecule has 2 aromatic heterocycles. The summed E-state index contributed by atoms with van der Waals surface area (Å²) in [6, 6.07) is 6.83. The predicted octanol–water partition coefficient (Wildman–Crippen LogP) is 3.96. The van der Waals surface area contributed by atoms with Gasteiger partial charge < -0.3 is 9.73 Å². The fraction of sp³-hybridized carbons (Fsp3) is 0.133. The molecule has 0 aliphatic carbocycles. The SMILES string of the molecule is C[C@@H](Sc1nnc(-c2cccs2)o1)C(=O)Nc1ccc(F)c([N+](=O)[O-])c1. The van der Waals surface area contributed by atoms with Crippen LogP contribution in [0, 0.1) is 15.9 Å². The van der Waals surface area contributed by atoms with Gasteiger partial charge in [-0.1, -0.05) is 17.8 Å². The van der Waals surface area contributed by atoms with Crippen LogP contribution in [0.5, 0.6) is 0 Å². The number of rotatable bonds is 6. The highest BCUT2D eigenvalue weighted by molar-refractivity contribution is 8.00. The monoisotopic (exact) mass is 394 g/mol. The van der Waals surface area contributed by atoms with Gasteiger partial charge in [-0.05, 0) is 30.5 Å². The molecule has 0 unspecified atom stereocenters. The van der Waals surface area contributed by atoms with E-state index in [0.29, 0.717) is 5.89 Å². The van der Waals surface area contributed by atoms with Crippen LogP contribution in [0.1, 0.15) is 6.92 Å². The molecule has 3 rings (SSSR count). The van der Waals surface area contributed by atoms with Crippen molar-refractivity contribution in [1.29, 1.82) is 0 Å². The summed E-state index contributed by atoms with van der Waals surface area (Å²) in [5, 5.41) is 22.5. The maximum atomic E-state index is 13.3. The van der Waals surface area contributed by atoms with Gasteiger partial charge >= 0.3 is 5.69 Å². The molecular weight excluding hydrogens is 383 g/mol. The third kappa shape index (κ3) is 4.06. The third-order valence-corrected chi connectivity index (χ3v) is 4.99. The summed E-state index contributed by atoms with van der Waals surface area (Å²) in [5.41, 5.74) is -0.582. The van der Waals surface area contributed by atoms with Gasteiger partial charge in [0, 0.05) is 11.8 Å². The zero-order chi connectivity index (χ0) is 18.7. The van der Waals surface area contributed by atoms with E-state index in [4.69, 9.17) is 4.42 Å². The number of thioether (sulfide) groups is 1. The van der Waals surface area contributed by atoms with Gasteiger partial charge in [-0.25, -0.2) is 0 Å². The zero-order valence-corrected chi connectivity index (χ0v) is 14.8. The minimum absolute atomic E-state index is 0.125. The summed E-state index contributed by atoms with van der Waals surface area (Å²) < 4.78 is 18.8. The Balaban J connectivity index is 1.65. The standard InChI is InChI=1S/C15H11FN4O4S2/c1-8(26-15-19-18-14(24-15)12-3-2-6-25-12)13(21)17-9-4-5-10(16)11(7-9)20(22)23/h2-8H,1H3,(H,17,21)/t8-/m1/s1. The van der Waals surface area contributed by atoms with Gasteiger partial charge in [-0.15, -0.1) is 21.5 Å². The van der Waals surface area contributed by atoms with Crippen LogP contribution in [0.15, 0.2) is 45.4 Å². The second-order valence-corrected chi connectivity index (χ2v) is 7.26. The van der Waals surface area contributed by atoms with E-state index in [1.807, 2.05) is 17.5 Å². The molecule has 1 amide bonds. The molecule has 0 fully saturated rings. The zero-order valence-electron chi connectivity index (χ0n) is 13.2. The molecule has 0 aliphatic rings. The number of amides is 1. The van der Waals surface area contributed by atoms with Crippen molar-refractivity contribution in [2.24, 2.45) is 0 Å². The fourth-order valence-corrected chi connectivity index (χ4v) is 3.26. The number of thiophene rings is 1. The van der Waals surface area contributed by atoms with E-state index in [1.165, 1.54) is 17.4 Å². The van der Waals surface area contributed by atoms with Crippen molar-refractivity contribution in [3.63, 3.8) is 0 Å². The molecule has 0 bridgehead atoms. The number of nitrogens with one attached hydrogen (secondary N) is 1. The molecule has 26 heavy (non-hydrogen) atoms. The van der Waals surface area contributed by atoms with E-state index in [0.717, 1.165) is 28.8 Å². The minimum atomic E-state index is -0.970. The molecule has 2 heterocycles. The average Bonchev–Trinajstić information content (AvgIpc) is 3.27. The quantitative estimate of drug-likeness (QED) is 0.382. The van der Waals surface area contributed by atoms with Crippen LogP contribution in [0.4, 0.5) is 15.8 Å². The summed E-state index contributed by atoms with van der Waals surface area (Å²) in [7, 11) is 0. The second-order valence-electron chi connectivity index (χ2n) is 5.02. The molecule has 0 spiro atoms. The summed E-state index contributed by atoms with van der Waals surface area (Å²) in [6.45, 7) is 1.62.